The number of hydrogen-bond acceptors (Lipinski definition) is 3. The molecule has 0 saturated carbocycles. The predicted octanol–water partition coefficient (Wildman–Crippen LogP) is 1.52. The smallest absolute Gasteiger partial charge is 0.271 e. The summed E-state index contributed by atoms with van der Waals surface area (Å²) in [5, 5.41) is 12.8. The lowest BCUT2D eigenvalue weighted by molar-refractivity contribution is 0.0955. The monoisotopic (exact) mass is 192 g/mol. The maximum Gasteiger partial charge on any atom is 0.271 e. The molecule has 74 valence electrons. The Bertz CT molecular complexity index is 351. The van der Waals surface area contributed by atoms with Crippen molar-refractivity contribution in [2.75, 3.05) is 0 Å². The van der Waals surface area contributed by atoms with Crippen molar-refractivity contribution in [2.45, 2.75) is 13.8 Å². The van der Waals surface area contributed by atoms with Crippen LogP contribution in [-0.4, -0.2) is 16.7 Å². The van der Waals surface area contributed by atoms with Crippen LogP contribution in [0.5, 0.6) is 5.75 Å². The molecule has 0 aliphatic rings. The van der Waals surface area contributed by atoms with E-state index < -0.39 is 0 Å². The van der Waals surface area contributed by atoms with Crippen molar-refractivity contribution in [3.05, 3.63) is 29.8 Å². The minimum atomic E-state index is -0.286. The van der Waals surface area contributed by atoms with Gasteiger partial charge in [0.2, 0.25) is 0 Å². The highest BCUT2D eigenvalue weighted by molar-refractivity contribution is 5.95. The van der Waals surface area contributed by atoms with Crippen LogP contribution in [0, 0.1) is 0 Å². The summed E-state index contributed by atoms with van der Waals surface area (Å²) in [6.07, 6.45) is 0. The van der Waals surface area contributed by atoms with E-state index in [9.17, 15) is 4.79 Å². The van der Waals surface area contributed by atoms with Gasteiger partial charge in [-0.2, -0.15) is 5.10 Å². The SMILES string of the molecule is CC(C)=NNC(=O)c1ccc(O)cc1. The maximum atomic E-state index is 11.4. The highest BCUT2D eigenvalue weighted by Crippen LogP contribution is 2.09. The molecule has 1 aromatic rings. The van der Waals surface area contributed by atoms with E-state index in [1.807, 2.05) is 0 Å². The van der Waals surface area contributed by atoms with Gasteiger partial charge in [-0.15, -0.1) is 0 Å². The predicted molar refractivity (Wildman–Crippen MR) is 54.4 cm³/mol. The molecule has 0 saturated heterocycles. The fourth-order valence-electron chi connectivity index (χ4n) is 0.840. The maximum absolute atomic E-state index is 11.4. The zero-order chi connectivity index (χ0) is 10.6. The summed E-state index contributed by atoms with van der Waals surface area (Å²) in [6.45, 7) is 3.58. The highest BCUT2D eigenvalue weighted by atomic mass is 16.3. The van der Waals surface area contributed by atoms with Crippen molar-refractivity contribution in [2.24, 2.45) is 5.10 Å². The molecule has 0 bridgehead atoms. The lowest BCUT2D eigenvalue weighted by Gasteiger charge is -2.00. The number of hydrazone groups is 1. The van der Waals surface area contributed by atoms with Crippen LogP contribution in [0.15, 0.2) is 29.4 Å². The van der Waals surface area contributed by atoms with Crippen molar-refractivity contribution in [3.63, 3.8) is 0 Å². The molecule has 1 aromatic carbocycles. The van der Waals surface area contributed by atoms with Gasteiger partial charge in [0.25, 0.3) is 5.91 Å². The molecular weight excluding hydrogens is 180 g/mol. The first-order valence-electron chi connectivity index (χ1n) is 4.20. The van der Waals surface area contributed by atoms with Gasteiger partial charge < -0.3 is 5.11 Å². The Morgan fingerprint density at radius 1 is 1.29 bits per heavy atom. The van der Waals surface area contributed by atoms with Crippen LogP contribution in [0.1, 0.15) is 24.2 Å². The third kappa shape index (κ3) is 2.90. The number of nitrogens with one attached hydrogen (secondary N) is 1. The summed E-state index contributed by atoms with van der Waals surface area (Å²) in [6, 6.07) is 5.98. The molecular formula is C10H12N2O2. The van der Waals surface area contributed by atoms with Crippen LogP contribution >= 0.6 is 0 Å². The zero-order valence-corrected chi connectivity index (χ0v) is 8.11. The highest BCUT2D eigenvalue weighted by Gasteiger charge is 2.02. The molecule has 2 N–H and O–H groups in total. The zero-order valence-electron chi connectivity index (χ0n) is 8.11. The van der Waals surface area contributed by atoms with E-state index in [0.717, 1.165) is 5.71 Å². The van der Waals surface area contributed by atoms with Gasteiger partial charge >= 0.3 is 0 Å². The number of amides is 1. The van der Waals surface area contributed by atoms with E-state index in [0.29, 0.717) is 5.56 Å². The summed E-state index contributed by atoms with van der Waals surface area (Å²) in [5.74, 6) is -0.150. The molecule has 0 fully saturated rings. The van der Waals surface area contributed by atoms with Crippen molar-refractivity contribution in [1.29, 1.82) is 0 Å². The van der Waals surface area contributed by atoms with Crippen molar-refractivity contribution in [1.82, 2.24) is 5.43 Å². The lowest BCUT2D eigenvalue weighted by atomic mass is 10.2. The van der Waals surface area contributed by atoms with Gasteiger partial charge in [0.1, 0.15) is 5.75 Å². The van der Waals surface area contributed by atoms with Gasteiger partial charge in [-0.1, -0.05) is 0 Å². The Morgan fingerprint density at radius 3 is 2.36 bits per heavy atom. The summed E-state index contributed by atoms with van der Waals surface area (Å²) in [4.78, 5) is 11.4. The van der Waals surface area contributed by atoms with E-state index in [1.54, 1.807) is 13.8 Å². The Morgan fingerprint density at radius 2 is 1.86 bits per heavy atom. The van der Waals surface area contributed by atoms with Crippen molar-refractivity contribution in [3.8, 4) is 5.75 Å². The number of nitrogens with zero attached hydrogens (tertiary/aromatic N) is 1. The number of carbonyl (C=O) groups excluding carboxylic acids is 1. The quantitative estimate of drug-likeness (QED) is 0.551. The Hall–Kier alpha value is -1.84. The van der Waals surface area contributed by atoms with E-state index in [4.69, 9.17) is 5.11 Å². The van der Waals surface area contributed by atoms with Crippen LogP contribution < -0.4 is 5.43 Å². The average Bonchev–Trinajstić information content (AvgIpc) is 2.15. The second-order valence-electron chi connectivity index (χ2n) is 3.05. The van der Waals surface area contributed by atoms with Crippen LogP contribution in [0.25, 0.3) is 0 Å². The first kappa shape index (κ1) is 10.2. The van der Waals surface area contributed by atoms with E-state index >= 15 is 0 Å². The number of rotatable bonds is 2. The minimum absolute atomic E-state index is 0.136. The first-order chi connectivity index (χ1) is 6.59. The molecule has 0 aliphatic carbocycles. The van der Waals surface area contributed by atoms with Crippen LogP contribution in [0.2, 0.25) is 0 Å². The molecule has 1 amide bonds. The van der Waals surface area contributed by atoms with Crippen LogP contribution in [-0.2, 0) is 0 Å². The normalized spacial score (nSPS) is 9.29. The number of benzene rings is 1. The third-order valence-electron chi connectivity index (χ3n) is 1.51. The number of hydrogen-bond donors (Lipinski definition) is 2. The van der Waals surface area contributed by atoms with Crippen LogP contribution in [0.4, 0.5) is 0 Å². The van der Waals surface area contributed by atoms with Crippen molar-refractivity contribution < 1.29 is 9.90 Å². The van der Waals surface area contributed by atoms with Gasteiger partial charge in [0.15, 0.2) is 0 Å². The summed E-state index contributed by atoms with van der Waals surface area (Å²) >= 11 is 0. The third-order valence-corrected chi connectivity index (χ3v) is 1.51. The minimum Gasteiger partial charge on any atom is -0.508 e. The molecule has 1 rings (SSSR count). The molecule has 0 aliphatic heterocycles. The summed E-state index contributed by atoms with van der Waals surface area (Å²) < 4.78 is 0. The Kier molecular flexibility index (Phi) is 3.23. The Balaban J connectivity index is 2.70. The second-order valence-corrected chi connectivity index (χ2v) is 3.05. The second kappa shape index (κ2) is 4.41. The molecule has 0 unspecified atom stereocenters. The number of phenolic OH excluding ortho intramolecular Hbond substituents is 1. The molecule has 4 heteroatoms. The molecule has 14 heavy (non-hydrogen) atoms. The van der Waals surface area contributed by atoms with Gasteiger partial charge in [0.05, 0.1) is 0 Å². The molecule has 4 nitrogen and oxygen atoms in total. The lowest BCUT2D eigenvalue weighted by Crippen LogP contribution is -2.18. The van der Waals surface area contributed by atoms with Crippen molar-refractivity contribution >= 4 is 11.6 Å². The van der Waals surface area contributed by atoms with Gasteiger partial charge in [-0.3, -0.25) is 4.79 Å². The van der Waals surface area contributed by atoms with E-state index in [2.05, 4.69) is 10.5 Å². The number of carbonyl (C=O) groups is 1. The molecule has 0 radical (unpaired) electrons. The summed E-state index contributed by atoms with van der Waals surface area (Å²) in [7, 11) is 0. The number of phenols is 1. The number of aromatic hydroxyl groups is 1. The van der Waals surface area contributed by atoms with Crippen LogP contribution in [0.3, 0.4) is 0 Å². The molecule has 0 spiro atoms. The van der Waals surface area contributed by atoms with Gasteiger partial charge in [-0.05, 0) is 38.1 Å². The fraction of sp³-hybridized carbons (Fsp3) is 0.200. The fourth-order valence-corrected chi connectivity index (χ4v) is 0.840. The van der Waals surface area contributed by atoms with Gasteiger partial charge in [0, 0.05) is 11.3 Å². The topological polar surface area (TPSA) is 61.7 Å². The molecule has 0 heterocycles. The molecule has 0 atom stereocenters. The Labute approximate surface area is 82.3 Å². The molecule has 0 aromatic heterocycles. The first-order valence-corrected chi connectivity index (χ1v) is 4.20. The average molecular weight is 192 g/mol. The van der Waals surface area contributed by atoms with E-state index in [1.165, 1.54) is 24.3 Å². The van der Waals surface area contributed by atoms with E-state index in [-0.39, 0.29) is 11.7 Å². The standard InChI is InChI=1S/C10H12N2O2/c1-7(2)11-12-10(14)8-3-5-9(13)6-4-8/h3-6,13H,1-2H3,(H,12,14). The summed E-state index contributed by atoms with van der Waals surface area (Å²) in [5.41, 5.74) is 3.63. The largest absolute Gasteiger partial charge is 0.508 e. The van der Waals surface area contributed by atoms with Gasteiger partial charge in [-0.25, -0.2) is 5.43 Å².